The van der Waals surface area contributed by atoms with Crippen molar-refractivity contribution in [3.63, 3.8) is 0 Å². The first-order valence-corrected chi connectivity index (χ1v) is 5.53. The van der Waals surface area contributed by atoms with Crippen LogP contribution in [0, 0.1) is 0 Å². The molecular weight excluding hydrogens is 322 g/mol. The Kier molecular flexibility index (Phi) is 3.71. The number of hydrogen-bond acceptors (Lipinski definition) is 4. The molecule has 0 aliphatic carbocycles. The SMILES string of the molecule is O=C([O-])C1=Cc2cc(OC(F)(F)F)ccc2OC1C(F)(F)F. The number of alkyl halides is 6. The minimum atomic E-state index is -5.02. The third-order valence-electron chi connectivity index (χ3n) is 2.59. The van der Waals surface area contributed by atoms with Gasteiger partial charge in [-0.3, -0.25) is 0 Å². The smallest absolute Gasteiger partial charge is 0.545 e. The zero-order valence-corrected chi connectivity index (χ0v) is 10.3. The number of carboxylic acids is 1. The van der Waals surface area contributed by atoms with Gasteiger partial charge in [-0.1, -0.05) is 0 Å². The molecule has 10 heteroatoms. The van der Waals surface area contributed by atoms with Crippen molar-refractivity contribution >= 4 is 12.0 Å². The fourth-order valence-corrected chi connectivity index (χ4v) is 1.79. The van der Waals surface area contributed by atoms with Gasteiger partial charge in [0.05, 0.1) is 5.97 Å². The zero-order valence-electron chi connectivity index (χ0n) is 10.3. The Morgan fingerprint density at radius 3 is 2.32 bits per heavy atom. The van der Waals surface area contributed by atoms with Gasteiger partial charge in [-0.25, -0.2) is 0 Å². The molecule has 0 N–H and O–H groups in total. The lowest BCUT2D eigenvalue weighted by molar-refractivity contribution is -0.302. The highest BCUT2D eigenvalue weighted by Gasteiger charge is 2.46. The van der Waals surface area contributed by atoms with E-state index in [1.54, 1.807) is 0 Å². The summed E-state index contributed by atoms with van der Waals surface area (Å²) in [7, 11) is 0. The van der Waals surface area contributed by atoms with Crippen molar-refractivity contribution < 1.29 is 45.7 Å². The second-order valence-corrected chi connectivity index (χ2v) is 4.17. The van der Waals surface area contributed by atoms with E-state index in [9.17, 15) is 36.2 Å². The van der Waals surface area contributed by atoms with Crippen LogP contribution in [0.15, 0.2) is 23.8 Å². The zero-order chi connectivity index (χ0) is 16.7. The molecule has 1 aliphatic heterocycles. The molecule has 1 aromatic rings. The van der Waals surface area contributed by atoms with Gasteiger partial charge in [0, 0.05) is 11.1 Å². The standard InChI is InChI=1S/C12H6F6O4/c13-11(14,15)9-7(10(19)20)4-5-3-6(22-12(16,17)18)1-2-8(5)21-9/h1-4,9H,(H,19,20)/p-1. The second kappa shape index (κ2) is 5.11. The third kappa shape index (κ3) is 3.43. The molecule has 0 radical (unpaired) electrons. The molecule has 1 atom stereocenters. The van der Waals surface area contributed by atoms with E-state index in [1.165, 1.54) is 0 Å². The molecule has 0 saturated heterocycles. The molecular formula is C12H5F6O4-. The Bertz CT molecular complexity index is 631. The van der Waals surface area contributed by atoms with Crippen LogP contribution >= 0.6 is 0 Å². The van der Waals surface area contributed by atoms with Crippen LogP contribution in [0.4, 0.5) is 26.3 Å². The highest BCUT2D eigenvalue weighted by Crippen LogP contribution is 2.39. The summed E-state index contributed by atoms with van der Waals surface area (Å²) < 4.78 is 82.5. The molecule has 1 aliphatic rings. The summed E-state index contributed by atoms with van der Waals surface area (Å²) in [6, 6.07) is 2.27. The highest BCUT2D eigenvalue weighted by atomic mass is 19.4. The average Bonchev–Trinajstić information content (AvgIpc) is 2.33. The predicted molar refractivity (Wildman–Crippen MR) is 56.6 cm³/mol. The molecule has 2 rings (SSSR count). The van der Waals surface area contributed by atoms with E-state index in [0.29, 0.717) is 12.1 Å². The number of carbonyl (C=O) groups excluding carboxylic acids is 1. The number of benzene rings is 1. The Morgan fingerprint density at radius 2 is 1.82 bits per heavy atom. The second-order valence-electron chi connectivity index (χ2n) is 4.17. The molecule has 0 fully saturated rings. The quantitative estimate of drug-likeness (QED) is 0.780. The molecule has 0 amide bonds. The number of carbonyl (C=O) groups is 1. The number of hydrogen-bond donors (Lipinski definition) is 0. The number of ether oxygens (including phenoxy) is 2. The number of rotatable bonds is 2. The maximum absolute atomic E-state index is 12.7. The first-order chi connectivity index (χ1) is 9.97. The lowest BCUT2D eigenvalue weighted by atomic mass is 10.0. The van der Waals surface area contributed by atoms with Gasteiger partial charge in [0.2, 0.25) is 6.10 Å². The number of fused-ring (bicyclic) bond motifs is 1. The van der Waals surface area contributed by atoms with E-state index in [-0.39, 0.29) is 5.56 Å². The topological polar surface area (TPSA) is 58.6 Å². The Labute approximate surface area is 118 Å². The van der Waals surface area contributed by atoms with Crippen LogP contribution in [0.1, 0.15) is 5.56 Å². The largest absolute Gasteiger partial charge is 0.573 e. The van der Waals surface area contributed by atoms with Crippen LogP contribution in [0.3, 0.4) is 0 Å². The fourth-order valence-electron chi connectivity index (χ4n) is 1.79. The van der Waals surface area contributed by atoms with E-state index in [0.717, 1.165) is 12.1 Å². The molecule has 1 unspecified atom stereocenters. The van der Waals surface area contributed by atoms with E-state index < -0.39 is 41.7 Å². The lowest BCUT2D eigenvalue weighted by Crippen LogP contribution is -2.44. The molecule has 0 bridgehead atoms. The van der Waals surface area contributed by atoms with Crippen LogP contribution in [0.2, 0.25) is 0 Å². The summed E-state index contributed by atoms with van der Waals surface area (Å²) in [4.78, 5) is 10.8. The minimum Gasteiger partial charge on any atom is -0.545 e. The van der Waals surface area contributed by atoms with Crippen LogP contribution in [0.5, 0.6) is 11.5 Å². The molecule has 0 spiro atoms. The van der Waals surface area contributed by atoms with Crippen molar-refractivity contribution in [1.29, 1.82) is 0 Å². The van der Waals surface area contributed by atoms with Gasteiger partial charge in [0.1, 0.15) is 11.5 Å². The minimum absolute atomic E-state index is 0.304. The number of halogens is 6. The van der Waals surface area contributed by atoms with Crippen molar-refractivity contribution in [2.75, 3.05) is 0 Å². The van der Waals surface area contributed by atoms with Crippen LogP contribution in [-0.4, -0.2) is 24.6 Å². The van der Waals surface area contributed by atoms with E-state index >= 15 is 0 Å². The predicted octanol–water partition coefficient (Wildman–Crippen LogP) is 2.04. The normalized spacial score (nSPS) is 18.1. The Morgan fingerprint density at radius 1 is 1.18 bits per heavy atom. The third-order valence-corrected chi connectivity index (χ3v) is 2.59. The van der Waals surface area contributed by atoms with Gasteiger partial charge >= 0.3 is 12.5 Å². The summed E-state index contributed by atoms with van der Waals surface area (Å²) in [6.45, 7) is 0. The average molecular weight is 327 g/mol. The van der Waals surface area contributed by atoms with Gasteiger partial charge in [-0.05, 0) is 24.3 Å². The summed E-state index contributed by atoms with van der Waals surface area (Å²) in [5.74, 6) is -3.30. The number of aliphatic carboxylic acids is 1. The summed E-state index contributed by atoms with van der Waals surface area (Å²) in [6.07, 6.45) is -12.3. The van der Waals surface area contributed by atoms with E-state index in [2.05, 4.69) is 9.47 Å². The Balaban J connectivity index is 2.43. The summed E-state index contributed by atoms with van der Waals surface area (Å²) in [5, 5.41) is 10.8. The summed E-state index contributed by atoms with van der Waals surface area (Å²) in [5.41, 5.74) is -1.55. The van der Waals surface area contributed by atoms with Gasteiger partial charge in [0.15, 0.2) is 0 Å². The molecule has 0 saturated carbocycles. The van der Waals surface area contributed by atoms with Crippen molar-refractivity contribution in [2.45, 2.75) is 18.6 Å². The van der Waals surface area contributed by atoms with Crippen LogP contribution in [-0.2, 0) is 4.79 Å². The van der Waals surface area contributed by atoms with Crippen molar-refractivity contribution in [1.82, 2.24) is 0 Å². The highest BCUT2D eigenvalue weighted by molar-refractivity contribution is 5.93. The van der Waals surface area contributed by atoms with Gasteiger partial charge in [-0.15, -0.1) is 13.2 Å². The van der Waals surface area contributed by atoms with Crippen LogP contribution in [0.25, 0.3) is 6.08 Å². The Hall–Kier alpha value is -2.39. The molecule has 1 aromatic carbocycles. The monoisotopic (exact) mass is 327 g/mol. The first kappa shape index (κ1) is 16.0. The van der Waals surface area contributed by atoms with Gasteiger partial charge in [-0.2, -0.15) is 13.2 Å². The van der Waals surface area contributed by atoms with Gasteiger partial charge in [0.25, 0.3) is 0 Å². The molecule has 22 heavy (non-hydrogen) atoms. The van der Waals surface area contributed by atoms with Crippen molar-refractivity contribution in [3.8, 4) is 11.5 Å². The number of carboxylic acid groups (broad SMARTS) is 1. The maximum Gasteiger partial charge on any atom is 0.573 e. The molecule has 120 valence electrons. The van der Waals surface area contributed by atoms with Gasteiger partial charge < -0.3 is 19.4 Å². The molecule has 0 aromatic heterocycles. The van der Waals surface area contributed by atoms with E-state index in [4.69, 9.17) is 0 Å². The maximum atomic E-state index is 12.7. The fraction of sp³-hybridized carbons (Fsp3) is 0.250. The molecule has 4 nitrogen and oxygen atoms in total. The van der Waals surface area contributed by atoms with Crippen molar-refractivity contribution in [2.24, 2.45) is 0 Å². The first-order valence-electron chi connectivity index (χ1n) is 5.53. The molecule has 1 heterocycles. The summed E-state index contributed by atoms with van der Waals surface area (Å²) >= 11 is 0. The lowest BCUT2D eigenvalue weighted by Gasteiger charge is -2.29. The van der Waals surface area contributed by atoms with Crippen molar-refractivity contribution in [3.05, 3.63) is 29.3 Å². The van der Waals surface area contributed by atoms with E-state index in [1.807, 2.05) is 0 Å². The van der Waals surface area contributed by atoms with Crippen LogP contribution < -0.4 is 14.6 Å².